The van der Waals surface area contributed by atoms with Gasteiger partial charge in [0.2, 0.25) is 5.91 Å². The summed E-state index contributed by atoms with van der Waals surface area (Å²) in [5.41, 5.74) is 0.250. The SMILES string of the molecule is CC(C)[C@@H](NC(=O)c1ccc(F)cc1)C(=O)N1CCN2C(=O)NC(=O)[C@@H]2C1. The van der Waals surface area contributed by atoms with Crippen LogP contribution in [0.3, 0.4) is 0 Å². The first-order valence-corrected chi connectivity index (χ1v) is 8.74. The molecule has 0 spiro atoms. The van der Waals surface area contributed by atoms with Crippen molar-refractivity contribution in [2.75, 3.05) is 19.6 Å². The van der Waals surface area contributed by atoms with Crippen molar-refractivity contribution in [2.45, 2.75) is 25.9 Å². The van der Waals surface area contributed by atoms with Crippen LogP contribution in [0.15, 0.2) is 24.3 Å². The molecular formula is C18H21FN4O4. The number of halogens is 1. The Labute approximate surface area is 155 Å². The maximum atomic E-state index is 13.0. The van der Waals surface area contributed by atoms with Gasteiger partial charge < -0.3 is 15.1 Å². The molecule has 5 amide bonds. The first-order chi connectivity index (χ1) is 12.8. The number of nitrogens with zero attached hydrogens (tertiary/aromatic N) is 2. The minimum atomic E-state index is -0.797. The van der Waals surface area contributed by atoms with Crippen LogP contribution in [0.1, 0.15) is 24.2 Å². The topological polar surface area (TPSA) is 98.8 Å². The molecule has 2 heterocycles. The molecule has 0 aromatic heterocycles. The molecule has 2 atom stereocenters. The Morgan fingerprint density at radius 3 is 2.48 bits per heavy atom. The largest absolute Gasteiger partial charge is 0.340 e. The van der Waals surface area contributed by atoms with E-state index in [0.29, 0.717) is 0 Å². The van der Waals surface area contributed by atoms with Crippen LogP contribution in [-0.4, -0.2) is 65.3 Å². The molecule has 2 saturated heterocycles. The van der Waals surface area contributed by atoms with Gasteiger partial charge in [-0.3, -0.25) is 19.7 Å². The minimum Gasteiger partial charge on any atom is -0.340 e. The summed E-state index contributed by atoms with van der Waals surface area (Å²) in [6.45, 7) is 4.23. The van der Waals surface area contributed by atoms with Crippen molar-refractivity contribution >= 4 is 23.8 Å². The highest BCUT2D eigenvalue weighted by atomic mass is 19.1. The zero-order chi connectivity index (χ0) is 19.7. The van der Waals surface area contributed by atoms with Gasteiger partial charge in [0.1, 0.15) is 17.9 Å². The van der Waals surface area contributed by atoms with Crippen molar-refractivity contribution in [1.82, 2.24) is 20.4 Å². The molecule has 9 heteroatoms. The van der Waals surface area contributed by atoms with E-state index in [4.69, 9.17) is 0 Å². The highest BCUT2D eigenvalue weighted by Gasteiger charge is 2.44. The molecule has 0 saturated carbocycles. The predicted octanol–water partition coefficient (Wildman–Crippen LogP) is 0.343. The highest BCUT2D eigenvalue weighted by Crippen LogP contribution is 2.18. The van der Waals surface area contributed by atoms with Crippen LogP contribution in [-0.2, 0) is 9.59 Å². The summed E-state index contributed by atoms with van der Waals surface area (Å²) < 4.78 is 13.0. The molecule has 2 aliphatic heterocycles. The second-order valence-corrected chi connectivity index (χ2v) is 6.99. The molecule has 144 valence electrons. The molecule has 1 aromatic carbocycles. The zero-order valence-corrected chi connectivity index (χ0v) is 15.1. The number of amides is 5. The Morgan fingerprint density at radius 1 is 1.19 bits per heavy atom. The number of carbonyl (C=O) groups excluding carboxylic acids is 4. The summed E-state index contributed by atoms with van der Waals surface area (Å²) in [6.07, 6.45) is 0. The Hall–Kier alpha value is -2.97. The number of urea groups is 1. The van der Waals surface area contributed by atoms with Crippen LogP contribution in [0.2, 0.25) is 0 Å². The molecule has 3 rings (SSSR count). The number of imide groups is 1. The van der Waals surface area contributed by atoms with Gasteiger partial charge in [-0.2, -0.15) is 0 Å². The summed E-state index contributed by atoms with van der Waals surface area (Å²) in [6, 6.07) is 3.11. The van der Waals surface area contributed by atoms with Crippen molar-refractivity contribution in [1.29, 1.82) is 0 Å². The maximum Gasteiger partial charge on any atom is 0.324 e. The number of nitrogens with one attached hydrogen (secondary N) is 2. The van der Waals surface area contributed by atoms with Gasteiger partial charge in [-0.05, 0) is 30.2 Å². The standard InChI is InChI=1S/C18H21FN4O4/c1-10(2)14(20-15(24)11-3-5-12(19)6-4-11)17(26)22-7-8-23-13(9-22)16(25)21-18(23)27/h3-6,10,13-14H,7-9H2,1-2H3,(H,20,24)(H,21,25,27)/t13-,14+/m0/s1. The number of piperazine rings is 1. The van der Waals surface area contributed by atoms with Crippen LogP contribution in [0, 0.1) is 11.7 Å². The molecule has 2 fully saturated rings. The summed E-state index contributed by atoms with van der Waals surface area (Å²) in [5, 5.41) is 4.93. The van der Waals surface area contributed by atoms with Crippen LogP contribution in [0.4, 0.5) is 9.18 Å². The number of benzene rings is 1. The van der Waals surface area contributed by atoms with Crippen molar-refractivity contribution < 1.29 is 23.6 Å². The van der Waals surface area contributed by atoms with Gasteiger partial charge in [-0.15, -0.1) is 0 Å². The molecule has 2 aliphatic rings. The fraction of sp³-hybridized carbons (Fsp3) is 0.444. The zero-order valence-electron chi connectivity index (χ0n) is 15.1. The van der Waals surface area contributed by atoms with Gasteiger partial charge in [-0.1, -0.05) is 13.8 Å². The van der Waals surface area contributed by atoms with E-state index in [0.717, 1.165) is 0 Å². The van der Waals surface area contributed by atoms with E-state index in [9.17, 15) is 23.6 Å². The van der Waals surface area contributed by atoms with Crippen molar-refractivity contribution in [3.05, 3.63) is 35.6 Å². The monoisotopic (exact) mass is 376 g/mol. The molecule has 27 heavy (non-hydrogen) atoms. The Balaban J connectivity index is 1.70. The van der Waals surface area contributed by atoms with Crippen LogP contribution in [0.5, 0.6) is 0 Å². The van der Waals surface area contributed by atoms with E-state index in [1.807, 2.05) is 0 Å². The van der Waals surface area contributed by atoms with Gasteiger partial charge in [0.15, 0.2) is 0 Å². The summed E-state index contributed by atoms with van der Waals surface area (Å²) in [5.74, 6) is -1.86. The molecular weight excluding hydrogens is 355 g/mol. The lowest BCUT2D eigenvalue weighted by atomic mass is 10.0. The van der Waals surface area contributed by atoms with Gasteiger partial charge >= 0.3 is 6.03 Å². The lowest BCUT2D eigenvalue weighted by Gasteiger charge is -2.37. The van der Waals surface area contributed by atoms with E-state index in [1.54, 1.807) is 13.8 Å². The molecule has 2 N–H and O–H groups in total. The highest BCUT2D eigenvalue weighted by molar-refractivity contribution is 6.05. The van der Waals surface area contributed by atoms with Gasteiger partial charge in [0.25, 0.3) is 11.8 Å². The molecule has 0 radical (unpaired) electrons. The molecule has 0 unspecified atom stereocenters. The number of carbonyl (C=O) groups is 4. The Kier molecular flexibility index (Phi) is 5.11. The van der Waals surface area contributed by atoms with Crippen LogP contribution >= 0.6 is 0 Å². The first kappa shape index (κ1) is 18.8. The number of hydrogen-bond donors (Lipinski definition) is 2. The van der Waals surface area contributed by atoms with Gasteiger partial charge in [0.05, 0.1) is 6.54 Å². The second kappa shape index (κ2) is 7.34. The Bertz CT molecular complexity index is 780. The van der Waals surface area contributed by atoms with Crippen molar-refractivity contribution in [3.8, 4) is 0 Å². The third-order valence-electron chi connectivity index (χ3n) is 4.81. The van der Waals surface area contributed by atoms with Crippen LogP contribution in [0.25, 0.3) is 0 Å². The van der Waals surface area contributed by atoms with E-state index in [-0.39, 0.29) is 37.0 Å². The van der Waals surface area contributed by atoms with E-state index >= 15 is 0 Å². The second-order valence-electron chi connectivity index (χ2n) is 6.99. The summed E-state index contributed by atoms with van der Waals surface area (Å²) >= 11 is 0. The Morgan fingerprint density at radius 2 is 1.85 bits per heavy atom. The van der Waals surface area contributed by atoms with Gasteiger partial charge in [0, 0.05) is 18.7 Å². The maximum absolute atomic E-state index is 13.0. The molecule has 8 nitrogen and oxygen atoms in total. The van der Waals surface area contributed by atoms with Crippen molar-refractivity contribution in [2.24, 2.45) is 5.92 Å². The van der Waals surface area contributed by atoms with E-state index in [1.165, 1.54) is 34.1 Å². The summed E-state index contributed by atoms with van der Waals surface area (Å²) in [7, 11) is 0. The van der Waals surface area contributed by atoms with E-state index < -0.39 is 35.7 Å². The lowest BCUT2D eigenvalue weighted by molar-refractivity contribution is -0.137. The number of rotatable bonds is 4. The lowest BCUT2D eigenvalue weighted by Crippen LogP contribution is -2.59. The molecule has 1 aromatic rings. The summed E-state index contributed by atoms with van der Waals surface area (Å²) in [4.78, 5) is 51.8. The molecule has 0 aliphatic carbocycles. The fourth-order valence-corrected chi connectivity index (χ4v) is 3.25. The third kappa shape index (κ3) is 3.76. The normalized spacial score (nSPS) is 20.4. The smallest absolute Gasteiger partial charge is 0.324 e. The fourth-order valence-electron chi connectivity index (χ4n) is 3.25. The average molecular weight is 376 g/mol. The quantitative estimate of drug-likeness (QED) is 0.741. The van der Waals surface area contributed by atoms with Crippen LogP contribution < -0.4 is 10.6 Å². The predicted molar refractivity (Wildman–Crippen MR) is 93.1 cm³/mol. The molecule has 0 bridgehead atoms. The van der Waals surface area contributed by atoms with Gasteiger partial charge in [-0.25, -0.2) is 9.18 Å². The average Bonchev–Trinajstić information content (AvgIpc) is 2.93. The number of hydrogen-bond acceptors (Lipinski definition) is 4. The number of fused-ring (bicyclic) bond motifs is 1. The third-order valence-corrected chi connectivity index (χ3v) is 4.81. The van der Waals surface area contributed by atoms with Crippen molar-refractivity contribution in [3.63, 3.8) is 0 Å². The minimum absolute atomic E-state index is 0.0893. The van der Waals surface area contributed by atoms with E-state index in [2.05, 4.69) is 10.6 Å². The first-order valence-electron chi connectivity index (χ1n) is 8.74.